The van der Waals surface area contributed by atoms with Gasteiger partial charge >= 0.3 is 0 Å². The number of ether oxygens (including phenoxy) is 1. The van der Waals surface area contributed by atoms with Crippen LogP contribution in [0.15, 0.2) is 42.5 Å². The van der Waals surface area contributed by atoms with E-state index in [0.717, 1.165) is 17.5 Å². The fourth-order valence-electron chi connectivity index (χ4n) is 3.41. The number of hydrogen-bond donors (Lipinski definition) is 3. The molecule has 2 unspecified atom stereocenters. The molecule has 1 aliphatic heterocycles. The van der Waals surface area contributed by atoms with E-state index in [9.17, 15) is 14.7 Å². The molecule has 0 bridgehead atoms. The van der Waals surface area contributed by atoms with Gasteiger partial charge in [0, 0.05) is 24.7 Å². The number of amides is 2. The van der Waals surface area contributed by atoms with Gasteiger partial charge in [-0.2, -0.15) is 0 Å². The molecular weight excluding hydrogens is 344 g/mol. The number of aliphatic hydroxyl groups is 1. The minimum Gasteiger partial charge on any atom is -0.486 e. The Labute approximate surface area is 158 Å². The maximum Gasteiger partial charge on any atom is 0.254 e. The van der Waals surface area contributed by atoms with Crippen molar-refractivity contribution in [2.45, 2.75) is 25.4 Å². The lowest BCUT2D eigenvalue weighted by molar-refractivity contribution is 0.0947. The highest BCUT2D eigenvalue weighted by molar-refractivity contribution is 6.02. The first kappa shape index (κ1) is 18.9. The van der Waals surface area contributed by atoms with Crippen LogP contribution in [0, 0.1) is 0 Å². The number of aliphatic hydroxyl groups excluding tert-OH is 1. The van der Waals surface area contributed by atoms with Gasteiger partial charge in [-0.05, 0) is 24.1 Å². The minimum atomic E-state index is -0.514. The zero-order valence-electron chi connectivity index (χ0n) is 15.5. The highest BCUT2D eigenvalue weighted by atomic mass is 16.5. The Morgan fingerprint density at radius 2 is 1.89 bits per heavy atom. The van der Waals surface area contributed by atoms with Crippen LogP contribution in [0.5, 0.6) is 5.75 Å². The van der Waals surface area contributed by atoms with Crippen molar-refractivity contribution in [2.24, 2.45) is 0 Å². The number of carbonyl (C=O) groups is 2. The number of carbonyl (C=O) groups excluding carboxylic acids is 2. The summed E-state index contributed by atoms with van der Waals surface area (Å²) in [6.45, 7) is 2.34. The average molecular weight is 368 g/mol. The third-order valence-corrected chi connectivity index (χ3v) is 4.70. The lowest BCUT2D eigenvalue weighted by atomic mass is 9.86. The third kappa shape index (κ3) is 3.66. The van der Waals surface area contributed by atoms with Gasteiger partial charge in [-0.1, -0.05) is 37.3 Å². The summed E-state index contributed by atoms with van der Waals surface area (Å²) in [5.74, 6) is -0.395. The molecule has 0 saturated heterocycles. The molecule has 3 N–H and O–H groups in total. The Kier molecular flexibility index (Phi) is 5.76. The first-order chi connectivity index (χ1) is 13.1. The molecule has 6 nitrogen and oxygen atoms in total. The smallest absolute Gasteiger partial charge is 0.254 e. The largest absolute Gasteiger partial charge is 0.486 e. The summed E-state index contributed by atoms with van der Waals surface area (Å²) < 4.78 is 5.95. The summed E-state index contributed by atoms with van der Waals surface area (Å²) in [5, 5.41) is 15.3. The maximum absolute atomic E-state index is 12.5. The first-order valence-electron chi connectivity index (χ1n) is 9.11. The summed E-state index contributed by atoms with van der Waals surface area (Å²) in [4.78, 5) is 24.9. The van der Waals surface area contributed by atoms with Gasteiger partial charge in [0.15, 0.2) is 0 Å². The molecular formula is C21H24N2O4. The van der Waals surface area contributed by atoms with Crippen LogP contribution in [0.4, 0.5) is 0 Å². The van der Waals surface area contributed by atoms with Gasteiger partial charge in [0.25, 0.3) is 11.8 Å². The SMILES string of the molecule is CCCNC(=O)c1cc(C(=O)NC)c2c(c1)C(c1ccccc1)C(CO)O2. The molecule has 0 spiro atoms. The zero-order chi connectivity index (χ0) is 19.4. The molecule has 0 aromatic heterocycles. The second-order valence-electron chi connectivity index (χ2n) is 6.50. The van der Waals surface area contributed by atoms with Crippen LogP contribution >= 0.6 is 0 Å². The number of fused-ring (bicyclic) bond motifs is 1. The average Bonchev–Trinajstić information content (AvgIpc) is 3.09. The van der Waals surface area contributed by atoms with Crippen molar-refractivity contribution in [3.63, 3.8) is 0 Å². The van der Waals surface area contributed by atoms with Gasteiger partial charge in [0.2, 0.25) is 0 Å². The maximum atomic E-state index is 12.5. The highest BCUT2D eigenvalue weighted by Gasteiger charge is 2.38. The summed E-state index contributed by atoms with van der Waals surface area (Å²) in [5.41, 5.74) is 2.41. The van der Waals surface area contributed by atoms with Gasteiger partial charge in [0.1, 0.15) is 11.9 Å². The normalized spacial score (nSPS) is 17.7. The van der Waals surface area contributed by atoms with E-state index in [1.807, 2.05) is 37.3 Å². The van der Waals surface area contributed by atoms with Crippen LogP contribution in [0.1, 0.15) is 51.1 Å². The Bertz CT molecular complexity index is 836. The van der Waals surface area contributed by atoms with Gasteiger partial charge in [-0.15, -0.1) is 0 Å². The molecule has 2 atom stereocenters. The van der Waals surface area contributed by atoms with E-state index >= 15 is 0 Å². The number of hydrogen-bond acceptors (Lipinski definition) is 4. The molecule has 3 rings (SSSR count). The number of rotatable bonds is 6. The second-order valence-corrected chi connectivity index (χ2v) is 6.50. The first-order valence-corrected chi connectivity index (χ1v) is 9.11. The molecule has 27 heavy (non-hydrogen) atoms. The zero-order valence-corrected chi connectivity index (χ0v) is 15.5. The fourth-order valence-corrected chi connectivity index (χ4v) is 3.41. The second kappa shape index (κ2) is 8.22. The standard InChI is InChI=1S/C21H24N2O4/c1-3-9-23-20(25)14-10-15-18(13-7-5-4-6-8-13)17(12-24)27-19(15)16(11-14)21(26)22-2/h4-8,10-11,17-18,24H,3,9,12H2,1-2H3,(H,22,26)(H,23,25). The van der Waals surface area contributed by atoms with E-state index in [4.69, 9.17) is 4.74 Å². The van der Waals surface area contributed by atoms with Gasteiger partial charge in [-0.3, -0.25) is 9.59 Å². The van der Waals surface area contributed by atoms with Crippen molar-refractivity contribution >= 4 is 11.8 Å². The molecule has 2 aromatic rings. The minimum absolute atomic E-state index is 0.196. The van der Waals surface area contributed by atoms with E-state index in [-0.39, 0.29) is 24.3 Å². The van der Waals surface area contributed by atoms with E-state index in [1.54, 1.807) is 12.1 Å². The number of nitrogens with one attached hydrogen (secondary N) is 2. The monoisotopic (exact) mass is 368 g/mol. The summed E-state index contributed by atoms with van der Waals surface area (Å²) in [6.07, 6.45) is 0.307. The van der Waals surface area contributed by atoms with E-state index in [0.29, 0.717) is 23.4 Å². The molecule has 1 heterocycles. The Hall–Kier alpha value is -2.86. The van der Waals surface area contributed by atoms with Crippen molar-refractivity contribution in [3.8, 4) is 5.75 Å². The third-order valence-electron chi connectivity index (χ3n) is 4.70. The topological polar surface area (TPSA) is 87.7 Å². The van der Waals surface area contributed by atoms with Crippen molar-refractivity contribution in [1.29, 1.82) is 0 Å². The van der Waals surface area contributed by atoms with Gasteiger partial charge in [0.05, 0.1) is 18.1 Å². The Balaban J connectivity index is 2.13. The number of benzene rings is 2. The molecule has 1 aliphatic rings. The molecule has 0 radical (unpaired) electrons. The van der Waals surface area contributed by atoms with Crippen molar-refractivity contribution in [3.05, 3.63) is 64.7 Å². The van der Waals surface area contributed by atoms with E-state index in [2.05, 4.69) is 10.6 Å². The lowest BCUT2D eigenvalue weighted by Crippen LogP contribution is -2.25. The highest BCUT2D eigenvalue weighted by Crippen LogP contribution is 2.44. The van der Waals surface area contributed by atoms with Crippen LogP contribution < -0.4 is 15.4 Å². The van der Waals surface area contributed by atoms with Crippen LogP contribution in [0.2, 0.25) is 0 Å². The summed E-state index contributed by atoms with van der Waals surface area (Å²) >= 11 is 0. The molecule has 0 fully saturated rings. The van der Waals surface area contributed by atoms with Gasteiger partial charge in [-0.25, -0.2) is 0 Å². The Morgan fingerprint density at radius 3 is 2.52 bits per heavy atom. The molecule has 0 aliphatic carbocycles. The summed E-state index contributed by atoms with van der Waals surface area (Å²) in [6, 6.07) is 13.0. The molecule has 2 aromatic carbocycles. The molecule has 0 saturated carbocycles. The van der Waals surface area contributed by atoms with Crippen molar-refractivity contribution in [2.75, 3.05) is 20.2 Å². The fraction of sp³-hybridized carbons (Fsp3) is 0.333. The predicted molar refractivity (Wildman–Crippen MR) is 102 cm³/mol. The van der Waals surface area contributed by atoms with E-state index < -0.39 is 6.10 Å². The molecule has 142 valence electrons. The van der Waals surface area contributed by atoms with E-state index in [1.165, 1.54) is 7.05 Å². The van der Waals surface area contributed by atoms with Crippen LogP contribution in [0.3, 0.4) is 0 Å². The summed E-state index contributed by atoms with van der Waals surface area (Å²) in [7, 11) is 1.53. The predicted octanol–water partition coefficient (Wildman–Crippen LogP) is 2.07. The molecule has 6 heteroatoms. The van der Waals surface area contributed by atoms with Crippen molar-refractivity contribution < 1.29 is 19.4 Å². The quantitative estimate of drug-likeness (QED) is 0.728. The van der Waals surface area contributed by atoms with Crippen molar-refractivity contribution in [1.82, 2.24) is 10.6 Å². The van der Waals surface area contributed by atoms with Crippen LogP contribution in [-0.2, 0) is 0 Å². The Morgan fingerprint density at radius 1 is 1.15 bits per heavy atom. The lowest BCUT2D eigenvalue weighted by Gasteiger charge is -2.17. The van der Waals surface area contributed by atoms with Crippen LogP contribution in [0.25, 0.3) is 0 Å². The van der Waals surface area contributed by atoms with Crippen LogP contribution in [-0.4, -0.2) is 43.2 Å². The molecule has 2 amide bonds. The van der Waals surface area contributed by atoms with Gasteiger partial charge < -0.3 is 20.5 Å².